The summed E-state index contributed by atoms with van der Waals surface area (Å²) in [6.45, 7) is 6.36. The van der Waals surface area contributed by atoms with Gasteiger partial charge in [0, 0.05) is 6.04 Å². The van der Waals surface area contributed by atoms with Gasteiger partial charge in [-0.05, 0) is 39.5 Å². The van der Waals surface area contributed by atoms with Crippen molar-refractivity contribution in [1.82, 2.24) is 10.3 Å². The Bertz CT molecular complexity index is 342. The molecule has 1 aliphatic carbocycles. The van der Waals surface area contributed by atoms with Crippen LogP contribution in [0.25, 0.3) is 0 Å². The number of rotatable bonds is 4. The minimum atomic E-state index is 0.209. The molecule has 1 heterocycles. The zero-order valence-electron chi connectivity index (χ0n) is 11.2. The standard InChI is InChI=1S/C14H24N2O/c1-10-9-15-14(17-10)12(3)16-11(2)13-7-5-4-6-8-13/h9,11-13,16H,4-8H2,1-3H3. The Hall–Kier alpha value is -0.830. The molecule has 3 heteroatoms. The Labute approximate surface area is 104 Å². The van der Waals surface area contributed by atoms with Gasteiger partial charge in [-0.2, -0.15) is 0 Å². The van der Waals surface area contributed by atoms with Crippen molar-refractivity contribution in [1.29, 1.82) is 0 Å². The minimum Gasteiger partial charge on any atom is -0.444 e. The van der Waals surface area contributed by atoms with E-state index in [0.29, 0.717) is 6.04 Å². The predicted molar refractivity (Wildman–Crippen MR) is 68.8 cm³/mol. The summed E-state index contributed by atoms with van der Waals surface area (Å²) in [6.07, 6.45) is 8.72. The zero-order valence-corrected chi connectivity index (χ0v) is 11.2. The van der Waals surface area contributed by atoms with Crippen LogP contribution < -0.4 is 5.32 Å². The van der Waals surface area contributed by atoms with E-state index in [9.17, 15) is 0 Å². The summed E-state index contributed by atoms with van der Waals surface area (Å²) >= 11 is 0. The van der Waals surface area contributed by atoms with Crippen molar-refractivity contribution in [3.8, 4) is 0 Å². The summed E-state index contributed by atoms with van der Waals surface area (Å²) in [4.78, 5) is 4.28. The summed E-state index contributed by atoms with van der Waals surface area (Å²) in [7, 11) is 0. The van der Waals surface area contributed by atoms with Crippen molar-refractivity contribution in [2.24, 2.45) is 5.92 Å². The molecule has 1 N–H and O–H groups in total. The summed E-state index contributed by atoms with van der Waals surface area (Å²) in [5.41, 5.74) is 0. The van der Waals surface area contributed by atoms with Gasteiger partial charge < -0.3 is 9.73 Å². The number of aryl methyl sites for hydroxylation is 1. The lowest BCUT2D eigenvalue weighted by Crippen LogP contribution is -2.36. The van der Waals surface area contributed by atoms with Crippen LogP contribution in [0.5, 0.6) is 0 Å². The SMILES string of the molecule is Cc1cnc(C(C)NC(C)C2CCCCC2)o1. The second-order valence-electron chi connectivity index (χ2n) is 5.38. The maximum atomic E-state index is 5.56. The fourth-order valence-corrected chi connectivity index (χ4v) is 2.81. The van der Waals surface area contributed by atoms with Gasteiger partial charge in [0.2, 0.25) is 5.89 Å². The van der Waals surface area contributed by atoms with E-state index in [4.69, 9.17) is 4.42 Å². The third-order valence-corrected chi connectivity index (χ3v) is 3.88. The highest BCUT2D eigenvalue weighted by Gasteiger charge is 2.22. The number of aromatic nitrogens is 1. The smallest absolute Gasteiger partial charge is 0.211 e. The Morgan fingerprint density at radius 1 is 1.29 bits per heavy atom. The lowest BCUT2D eigenvalue weighted by Gasteiger charge is -2.29. The van der Waals surface area contributed by atoms with Crippen molar-refractivity contribution < 1.29 is 4.42 Å². The Kier molecular flexibility index (Phi) is 4.21. The van der Waals surface area contributed by atoms with Crippen LogP contribution in [-0.4, -0.2) is 11.0 Å². The number of nitrogens with zero attached hydrogens (tertiary/aromatic N) is 1. The number of hydrogen-bond donors (Lipinski definition) is 1. The van der Waals surface area contributed by atoms with E-state index in [-0.39, 0.29) is 6.04 Å². The van der Waals surface area contributed by atoms with E-state index in [0.717, 1.165) is 17.6 Å². The molecule has 96 valence electrons. The molecule has 1 aromatic rings. The Morgan fingerprint density at radius 2 is 2.00 bits per heavy atom. The molecular weight excluding hydrogens is 212 g/mol. The lowest BCUT2D eigenvalue weighted by atomic mass is 9.84. The largest absolute Gasteiger partial charge is 0.444 e. The molecule has 0 aromatic carbocycles. The van der Waals surface area contributed by atoms with E-state index in [2.05, 4.69) is 24.1 Å². The van der Waals surface area contributed by atoms with Crippen LogP contribution in [0, 0.1) is 12.8 Å². The maximum absolute atomic E-state index is 5.56. The first kappa shape index (κ1) is 12.6. The van der Waals surface area contributed by atoms with Crippen molar-refractivity contribution in [3.63, 3.8) is 0 Å². The van der Waals surface area contributed by atoms with Crippen LogP contribution in [0.15, 0.2) is 10.6 Å². The van der Waals surface area contributed by atoms with E-state index in [1.165, 1.54) is 32.1 Å². The van der Waals surface area contributed by atoms with E-state index >= 15 is 0 Å². The van der Waals surface area contributed by atoms with Gasteiger partial charge in [-0.25, -0.2) is 4.98 Å². The molecular formula is C14H24N2O. The van der Waals surface area contributed by atoms with Gasteiger partial charge in [0.15, 0.2) is 0 Å². The van der Waals surface area contributed by atoms with Crippen molar-refractivity contribution >= 4 is 0 Å². The van der Waals surface area contributed by atoms with Gasteiger partial charge in [-0.3, -0.25) is 0 Å². The monoisotopic (exact) mass is 236 g/mol. The maximum Gasteiger partial charge on any atom is 0.211 e. The summed E-state index contributed by atoms with van der Waals surface area (Å²) in [5.74, 6) is 2.52. The molecule has 0 spiro atoms. The van der Waals surface area contributed by atoms with E-state index in [1.54, 1.807) is 6.20 Å². The van der Waals surface area contributed by atoms with Crippen molar-refractivity contribution in [2.75, 3.05) is 0 Å². The zero-order chi connectivity index (χ0) is 12.3. The molecule has 1 aliphatic rings. The molecule has 0 aliphatic heterocycles. The van der Waals surface area contributed by atoms with Crippen LogP contribution >= 0.6 is 0 Å². The molecule has 3 nitrogen and oxygen atoms in total. The molecule has 0 saturated heterocycles. The van der Waals surface area contributed by atoms with Crippen LogP contribution in [-0.2, 0) is 0 Å². The van der Waals surface area contributed by atoms with Gasteiger partial charge in [0.1, 0.15) is 5.76 Å². The fraction of sp³-hybridized carbons (Fsp3) is 0.786. The van der Waals surface area contributed by atoms with Gasteiger partial charge in [-0.15, -0.1) is 0 Å². The van der Waals surface area contributed by atoms with Crippen molar-refractivity contribution in [2.45, 2.75) is 65.0 Å². The van der Waals surface area contributed by atoms with Crippen LogP contribution in [0.4, 0.5) is 0 Å². The van der Waals surface area contributed by atoms with Gasteiger partial charge in [-0.1, -0.05) is 19.3 Å². The summed E-state index contributed by atoms with van der Waals surface area (Å²) < 4.78 is 5.56. The normalized spacial score (nSPS) is 21.4. The fourth-order valence-electron chi connectivity index (χ4n) is 2.81. The van der Waals surface area contributed by atoms with E-state index in [1.807, 2.05) is 6.92 Å². The number of nitrogens with one attached hydrogen (secondary N) is 1. The molecule has 1 fully saturated rings. The van der Waals surface area contributed by atoms with Gasteiger partial charge in [0.05, 0.1) is 12.2 Å². The lowest BCUT2D eigenvalue weighted by molar-refractivity contribution is 0.256. The first-order valence-corrected chi connectivity index (χ1v) is 6.85. The van der Waals surface area contributed by atoms with Crippen molar-refractivity contribution in [3.05, 3.63) is 17.8 Å². The Morgan fingerprint density at radius 3 is 2.59 bits per heavy atom. The molecule has 2 unspecified atom stereocenters. The second kappa shape index (κ2) is 5.67. The molecule has 1 saturated carbocycles. The van der Waals surface area contributed by atoms with Crippen LogP contribution in [0.2, 0.25) is 0 Å². The van der Waals surface area contributed by atoms with Gasteiger partial charge >= 0.3 is 0 Å². The minimum absolute atomic E-state index is 0.209. The highest BCUT2D eigenvalue weighted by atomic mass is 16.4. The van der Waals surface area contributed by atoms with Crippen LogP contribution in [0.3, 0.4) is 0 Å². The average molecular weight is 236 g/mol. The molecule has 0 amide bonds. The topological polar surface area (TPSA) is 38.1 Å². The first-order valence-electron chi connectivity index (χ1n) is 6.85. The quantitative estimate of drug-likeness (QED) is 0.868. The molecule has 2 rings (SSSR count). The summed E-state index contributed by atoms with van der Waals surface area (Å²) in [6, 6.07) is 0.762. The molecule has 0 bridgehead atoms. The highest BCUT2D eigenvalue weighted by molar-refractivity contribution is 4.95. The molecule has 0 radical (unpaired) electrons. The predicted octanol–water partition coefficient (Wildman–Crippen LogP) is 3.60. The van der Waals surface area contributed by atoms with Crippen LogP contribution in [0.1, 0.15) is 63.6 Å². The number of oxazole rings is 1. The third kappa shape index (κ3) is 3.32. The van der Waals surface area contributed by atoms with E-state index < -0.39 is 0 Å². The Balaban J connectivity index is 1.87. The van der Waals surface area contributed by atoms with Gasteiger partial charge in [0.25, 0.3) is 0 Å². The second-order valence-corrected chi connectivity index (χ2v) is 5.38. The third-order valence-electron chi connectivity index (χ3n) is 3.88. The first-order chi connectivity index (χ1) is 8.16. The molecule has 1 aromatic heterocycles. The average Bonchev–Trinajstić information content (AvgIpc) is 2.77. The highest BCUT2D eigenvalue weighted by Crippen LogP contribution is 2.27. The molecule has 17 heavy (non-hydrogen) atoms. The molecule has 2 atom stereocenters. The summed E-state index contributed by atoms with van der Waals surface area (Å²) in [5, 5.41) is 3.62. The number of hydrogen-bond acceptors (Lipinski definition) is 3.